The standard InChI is InChI=1S/C14H20N4O/c1-4-5-6-13(19)17-12-7-11-8-16-18(10(2)3)14(11)15-9-12/h7-10H,4-6H2,1-3H3,(H,17,19). The molecule has 0 aliphatic heterocycles. The van der Waals surface area contributed by atoms with E-state index < -0.39 is 0 Å². The van der Waals surface area contributed by atoms with Gasteiger partial charge in [0.15, 0.2) is 5.65 Å². The van der Waals surface area contributed by atoms with E-state index in [1.54, 1.807) is 12.4 Å². The molecule has 5 nitrogen and oxygen atoms in total. The lowest BCUT2D eigenvalue weighted by Gasteiger charge is -2.07. The summed E-state index contributed by atoms with van der Waals surface area (Å²) in [6.45, 7) is 6.20. The summed E-state index contributed by atoms with van der Waals surface area (Å²) in [5, 5.41) is 8.12. The molecule has 5 heteroatoms. The van der Waals surface area contributed by atoms with Gasteiger partial charge in [-0.2, -0.15) is 5.10 Å². The molecule has 0 radical (unpaired) electrons. The second kappa shape index (κ2) is 5.82. The highest BCUT2D eigenvalue weighted by molar-refractivity contribution is 5.92. The number of hydrogen-bond donors (Lipinski definition) is 1. The van der Waals surface area contributed by atoms with Crippen LogP contribution in [0.4, 0.5) is 5.69 Å². The molecule has 2 aromatic heterocycles. The SMILES string of the molecule is CCCCC(=O)Nc1cnc2c(cnn2C(C)C)c1. The third kappa shape index (κ3) is 3.10. The fourth-order valence-electron chi connectivity index (χ4n) is 1.95. The fraction of sp³-hybridized carbons (Fsp3) is 0.500. The highest BCUT2D eigenvalue weighted by atomic mass is 16.1. The molecule has 0 atom stereocenters. The summed E-state index contributed by atoms with van der Waals surface area (Å²) in [6.07, 6.45) is 5.95. The summed E-state index contributed by atoms with van der Waals surface area (Å²) >= 11 is 0. The number of rotatable bonds is 5. The molecule has 1 N–H and O–H groups in total. The Labute approximate surface area is 113 Å². The summed E-state index contributed by atoms with van der Waals surface area (Å²) in [5.74, 6) is 0.0410. The predicted octanol–water partition coefficient (Wildman–Crippen LogP) is 3.14. The molecule has 0 fully saturated rings. The van der Waals surface area contributed by atoms with Crippen molar-refractivity contribution in [1.29, 1.82) is 0 Å². The first kappa shape index (κ1) is 13.5. The van der Waals surface area contributed by atoms with E-state index in [0.717, 1.165) is 29.6 Å². The van der Waals surface area contributed by atoms with Gasteiger partial charge in [0.1, 0.15) is 0 Å². The lowest BCUT2D eigenvalue weighted by Crippen LogP contribution is -2.11. The van der Waals surface area contributed by atoms with Crippen molar-refractivity contribution < 1.29 is 4.79 Å². The van der Waals surface area contributed by atoms with Gasteiger partial charge < -0.3 is 5.32 Å². The van der Waals surface area contributed by atoms with Crippen molar-refractivity contribution in [2.24, 2.45) is 0 Å². The number of aromatic nitrogens is 3. The number of nitrogens with one attached hydrogen (secondary N) is 1. The summed E-state index contributed by atoms with van der Waals surface area (Å²) in [6, 6.07) is 2.19. The Hall–Kier alpha value is -1.91. The first-order valence-corrected chi connectivity index (χ1v) is 6.75. The number of carbonyl (C=O) groups is 1. The number of nitrogens with zero attached hydrogens (tertiary/aromatic N) is 3. The predicted molar refractivity (Wildman–Crippen MR) is 76.1 cm³/mol. The summed E-state index contributed by atoms with van der Waals surface area (Å²) in [5.41, 5.74) is 1.58. The van der Waals surface area contributed by atoms with E-state index in [4.69, 9.17) is 0 Å². The van der Waals surface area contributed by atoms with Gasteiger partial charge in [0.05, 0.1) is 18.1 Å². The third-order valence-electron chi connectivity index (χ3n) is 2.96. The van der Waals surface area contributed by atoms with E-state index in [1.165, 1.54) is 0 Å². The average molecular weight is 260 g/mol. The second-order valence-electron chi connectivity index (χ2n) is 4.97. The number of hydrogen-bond acceptors (Lipinski definition) is 3. The molecular weight excluding hydrogens is 240 g/mol. The van der Waals surface area contributed by atoms with Crippen LogP contribution in [0.3, 0.4) is 0 Å². The molecule has 0 bridgehead atoms. The van der Waals surface area contributed by atoms with E-state index >= 15 is 0 Å². The minimum Gasteiger partial charge on any atom is -0.325 e. The largest absolute Gasteiger partial charge is 0.325 e. The molecule has 19 heavy (non-hydrogen) atoms. The maximum absolute atomic E-state index is 11.7. The monoisotopic (exact) mass is 260 g/mol. The zero-order chi connectivity index (χ0) is 13.8. The van der Waals surface area contributed by atoms with Crippen LogP contribution in [0.25, 0.3) is 11.0 Å². The molecule has 0 aliphatic rings. The Bertz CT molecular complexity index is 574. The first-order chi connectivity index (χ1) is 9.11. The van der Waals surface area contributed by atoms with Crippen molar-refractivity contribution >= 4 is 22.6 Å². The Kier molecular flexibility index (Phi) is 4.14. The smallest absolute Gasteiger partial charge is 0.224 e. The fourth-order valence-corrected chi connectivity index (χ4v) is 1.95. The second-order valence-corrected chi connectivity index (χ2v) is 4.97. The number of pyridine rings is 1. The molecule has 1 amide bonds. The van der Waals surface area contributed by atoms with Crippen LogP contribution in [0.2, 0.25) is 0 Å². The highest BCUT2D eigenvalue weighted by Crippen LogP contribution is 2.19. The minimum atomic E-state index is 0.0410. The van der Waals surface area contributed by atoms with E-state index in [0.29, 0.717) is 6.42 Å². The first-order valence-electron chi connectivity index (χ1n) is 6.75. The normalized spacial score (nSPS) is 11.2. The number of fused-ring (bicyclic) bond motifs is 1. The van der Waals surface area contributed by atoms with Gasteiger partial charge in [-0.25, -0.2) is 9.67 Å². The molecule has 0 aromatic carbocycles. The number of anilines is 1. The quantitative estimate of drug-likeness (QED) is 0.898. The van der Waals surface area contributed by atoms with Gasteiger partial charge in [0.25, 0.3) is 0 Å². The van der Waals surface area contributed by atoms with E-state index in [2.05, 4.69) is 36.2 Å². The van der Waals surface area contributed by atoms with Gasteiger partial charge in [-0.15, -0.1) is 0 Å². The lowest BCUT2D eigenvalue weighted by molar-refractivity contribution is -0.116. The van der Waals surface area contributed by atoms with Crippen LogP contribution in [0.15, 0.2) is 18.5 Å². The maximum atomic E-state index is 11.7. The van der Waals surface area contributed by atoms with Crippen molar-refractivity contribution in [3.8, 4) is 0 Å². The minimum absolute atomic E-state index is 0.0410. The van der Waals surface area contributed by atoms with Gasteiger partial charge >= 0.3 is 0 Å². The number of carbonyl (C=O) groups excluding carboxylic acids is 1. The van der Waals surface area contributed by atoms with Gasteiger partial charge in [-0.05, 0) is 26.3 Å². The van der Waals surface area contributed by atoms with E-state index in [1.807, 2.05) is 10.7 Å². The topological polar surface area (TPSA) is 59.8 Å². The van der Waals surface area contributed by atoms with Crippen molar-refractivity contribution in [3.63, 3.8) is 0 Å². The Morgan fingerprint density at radius 3 is 2.89 bits per heavy atom. The van der Waals surface area contributed by atoms with Crippen molar-refractivity contribution in [3.05, 3.63) is 18.5 Å². The molecule has 0 saturated carbocycles. The summed E-state index contributed by atoms with van der Waals surface area (Å²) < 4.78 is 1.87. The highest BCUT2D eigenvalue weighted by Gasteiger charge is 2.09. The van der Waals surface area contributed by atoms with Crippen LogP contribution in [0.1, 0.15) is 46.1 Å². The van der Waals surface area contributed by atoms with E-state index in [-0.39, 0.29) is 11.9 Å². The molecule has 0 spiro atoms. The molecule has 2 heterocycles. The molecule has 2 rings (SSSR count). The van der Waals surface area contributed by atoms with Crippen LogP contribution in [0, 0.1) is 0 Å². The van der Waals surface area contributed by atoms with Crippen LogP contribution >= 0.6 is 0 Å². The van der Waals surface area contributed by atoms with Crippen LogP contribution in [-0.4, -0.2) is 20.7 Å². The van der Waals surface area contributed by atoms with E-state index in [9.17, 15) is 4.79 Å². The van der Waals surface area contributed by atoms with Crippen molar-refractivity contribution in [2.45, 2.75) is 46.1 Å². The Morgan fingerprint density at radius 1 is 1.42 bits per heavy atom. The van der Waals surface area contributed by atoms with Gasteiger partial charge in [-0.1, -0.05) is 13.3 Å². The average Bonchev–Trinajstić information content (AvgIpc) is 2.79. The zero-order valence-electron chi connectivity index (χ0n) is 11.7. The molecule has 0 unspecified atom stereocenters. The summed E-state index contributed by atoms with van der Waals surface area (Å²) in [4.78, 5) is 16.0. The number of unbranched alkanes of at least 4 members (excludes halogenated alkanes) is 1. The molecule has 2 aromatic rings. The van der Waals surface area contributed by atoms with Gasteiger partial charge in [0.2, 0.25) is 5.91 Å². The van der Waals surface area contributed by atoms with Gasteiger partial charge in [0, 0.05) is 17.8 Å². The molecule has 102 valence electrons. The van der Waals surface area contributed by atoms with Crippen LogP contribution in [0.5, 0.6) is 0 Å². The zero-order valence-corrected chi connectivity index (χ0v) is 11.7. The van der Waals surface area contributed by atoms with Crippen molar-refractivity contribution in [2.75, 3.05) is 5.32 Å². The molecule has 0 aliphatic carbocycles. The van der Waals surface area contributed by atoms with Gasteiger partial charge in [-0.3, -0.25) is 4.79 Å². The van der Waals surface area contributed by atoms with Crippen LogP contribution < -0.4 is 5.32 Å². The Morgan fingerprint density at radius 2 is 2.21 bits per heavy atom. The number of amides is 1. The molecular formula is C14H20N4O. The Balaban J connectivity index is 2.16. The lowest BCUT2D eigenvalue weighted by atomic mass is 10.2. The third-order valence-corrected chi connectivity index (χ3v) is 2.96. The summed E-state index contributed by atoms with van der Waals surface area (Å²) in [7, 11) is 0. The van der Waals surface area contributed by atoms with Crippen molar-refractivity contribution in [1.82, 2.24) is 14.8 Å². The molecule has 0 saturated heterocycles. The van der Waals surface area contributed by atoms with Crippen LogP contribution in [-0.2, 0) is 4.79 Å². The maximum Gasteiger partial charge on any atom is 0.224 e.